The fraction of sp³-hybridized carbons (Fsp3) is 0.312. The van der Waals surface area contributed by atoms with Crippen molar-refractivity contribution in [2.75, 3.05) is 26.2 Å². The Balaban J connectivity index is 1.94. The van der Waals surface area contributed by atoms with Crippen molar-refractivity contribution in [3.63, 3.8) is 0 Å². The summed E-state index contributed by atoms with van der Waals surface area (Å²) in [4.78, 5) is 37.9. The summed E-state index contributed by atoms with van der Waals surface area (Å²) in [5, 5.41) is 2.40. The summed E-state index contributed by atoms with van der Waals surface area (Å²) in [5.74, 6) is -0.638. The third-order valence-electron chi connectivity index (χ3n) is 3.45. The van der Waals surface area contributed by atoms with E-state index in [9.17, 15) is 14.4 Å². The lowest BCUT2D eigenvalue weighted by Crippen LogP contribution is -2.43. The number of hydrogen-bond acceptors (Lipinski definition) is 3. The van der Waals surface area contributed by atoms with Crippen LogP contribution >= 0.6 is 0 Å². The SMILES string of the molecule is C=CCN(CCc1ccccc1)C(=O)CN1C(=O)CNC1=O. The molecule has 1 aliphatic heterocycles. The summed E-state index contributed by atoms with van der Waals surface area (Å²) in [6, 6.07) is 9.31. The molecule has 0 saturated carbocycles. The molecular formula is C16H19N3O3. The first-order valence-corrected chi connectivity index (χ1v) is 7.12. The van der Waals surface area contributed by atoms with Gasteiger partial charge in [0.15, 0.2) is 0 Å². The second kappa shape index (κ2) is 7.40. The zero-order chi connectivity index (χ0) is 15.9. The number of nitrogens with zero attached hydrogens (tertiary/aromatic N) is 2. The van der Waals surface area contributed by atoms with E-state index in [1.807, 2.05) is 30.3 Å². The topological polar surface area (TPSA) is 69.7 Å². The number of nitrogens with one attached hydrogen (secondary N) is 1. The predicted octanol–water partition coefficient (Wildman–Crippen LogP) is 0.796. The smallest absolute Gasteiger partial charge is 0.325 e. The van der Waals surface area contributed by atoms with Gasteiger partial charge >= 0.3 is 6.03 Å². The van der Waals surface area contributed by atoms with Crippen LogP contribution in [0.4, 0.5) is 4.79 Å². The number of carbonyl (C=O) groups is 3. The molecule has 0 bridgehead atoms. The van der Waals surface area contributed by atoms with E-state index in [0.29, 0.717) is 19.5 Å². The number of urea groups is 1. The first-order chi connectivity index (χ1) is 10.6. The zero-order valence-electron chi connectivity index (χ0n) is 12.3. The Morgan fingerprint density at radius 1 is 1.32 bits per heavy atom. The summed E-state index contributed by atoms with van der Waals surface area (Å²) in [7, 11) is 0. The summed E-state index contributed by atoms with van der Waals surface area (Å²) in [6.07, 6.45) is 2.34. The maximum absolute atomic E-state index is 12.3. The average Bonchev–Trinajstić information content (AvgIpc) is 2.84. The van der Waals surface area contributed by atoms with E-state index < -0.39 is 6.03 Å². The molecule has 0 spiro atoms. The van der Waals surface area contributed by atoms with Crippen molar-refractivity contribution in [2.45, 2.75) is 6.42 Å². The molecule has 1 saturated heterocycles. The van der Waals surface area contributed by atoms with Gasteiger partial charge in [0.2, 0.25) is 5.91 Å². The van der Waals surface area contributed by atoms with Gasteiger partial charge in [-0.1, -0.05) is 36.4 Å². The monoisotopic (exact) mass is 301 g/mol. The minimum Gasteiger partial charge on any atom is -0.337 e. The lowest BCUT2D eigenvalue weighted by atomic mass is 10.1. The van der Waals surface area contributed by atoms with Crippen molar-refractivity contribution in [1.29, 1.82) is 0 Å². The number of rotatable bonds is 7. The van der Waals surface area contributed by atoms with E-state index in [1.54, 1.807) is 11.0 Å². The van der Waals surface area contributed by atoms with Crippen LogP contribution in [0, 0.1) is 0 Å². The number of imide groups is 1. The van der Waals surface area contributed by atoms with Crippen LogP contribution in [0.2, 0.25) is 0 Å². The molecule has 116 valence electrons. The summed E-state index contributed by atoms with van der Waals surface area (Å²) in [5.41, 5.74) is 1.12. The minimum absolute atomic E-state index is 0.0441. The first-order valence-electron chi connectivity index (χ1n) is 7.12. The van der Waals surface area contributed by atoms with E-state index in [2.05, 4.69) is 11.9 Å². The van der Waals surface area contributed by atoms with Crippen molar-refractivity contribution in [1.82, 2.24) is 15.1 Å². The Bertz CT molecular complexity index is 555. The number of hydrogen-bond donors (Lipinski definition) is 1. The molecule has 1 fully saturated rings. The average molecular weight is 301 g/mol. The Labute approximate surface area is 129 Å². The van der Waals surface area contributed by atoms with Crippen molar-refractivity contribution in [3.05, 3.63) is 48.6 Å². The van der Waals surface area contributed by atoms with E-state index in [1.165, 1.54) is 0 Å². The van der Waals surface area contributed by atoms with Crippen LogP contribution < -0.4 is 5.32 Å². The molecule has 1 heterocycles. The molecule has 0 unspecified atom stereocenters. The molecule has 22 heavy (non-hydrogen) atoms. The van der Waals surface area contributed by atoms with E-state index in [0.717, 1.165) is 10.5 Å². The van der Waals surface area contributed by atoms with Gasteiger partial charge in [0.05, 0.1) is 6.54 Å². The van der Waals surface area contributed by atoms with Gasteiger partial charge < -0.3 is 10.2 Å². The standard InChI is InChI=1S/C16H19N3O3/c1-2-9-18(10-8-13-6-4-3-5-7-13)15(21)12-19-14(20)11-17-16(19)22/h2-7H,1,8-12H2,(H,17,22). The van der Waals surface area contributed by atoms with Crippen molar-refractivity contribution < 1.29 is 14.4 Å². The molecule has 0 atom stereocenters. The van der Waals surface area contributed by atoms with Gasteiger partial charge in [-0.2, -0.15) is 0 Å². The molecule has 0 aliphatic carbocycles. The second-order valence-corrected chi connectivity index (χ2v) is 5.00. The number of benzene rings is 1. The maximum Gasteiger partial charge on any atom is 0.325 e. The lowest BCUT2D eigenvalue weighted by Gasteiger charge is -2.23. The first kappa shape index (κ1) is 15.8. The van der Waals surface area contributed by atoms with Crippen LogP contribution in [0.15, 0.2) is 43.0 Å². The van der Waals surface area contributed by atoms with Gasteiger partial charge in [0.1, 0.15) is 6.54 Å². The van der Waals surface area contributed by atoms with Crippen LogP contribution in [0.5, 0.6) is 0 Å². The maximum atomic E-state index is 12.3. The molecule has 1 aromatic rings. The molecule has 1 aliphatic rings. The Kier molecular flexibility index (Phi) is 5.30. The Morgan fingerprint density at radius 2 is 2.05 bits per heavy atom. The van der Waals surface area contributed by atoms with Crippen LogP contribution in [0.1, 0.15) is 5.56 Å². The molecule has 0 radical (unpaired) electrons. The van der Waals surface area contributed by atoms with Crippen molar-refractivity contribution in [3.8, 4) is 0 Å². The van der Waals surface area contributed by atoms with Gasteiger partial charge in [-0.15, -0.1) is 6.58 Å². The molecule has 2 rings (SSSR count). The lowest BCUT2D eigenvalue weighted by molar-refractivity contribution is -0.136. The molecule has 6 heteroatoms. The summed E-state index contributed by atoms with van der Waals surface area (Å²) >= 11 is 0. The normalized spacial score (nSPS) is 13.9. The van der Waals surface area contributed by atoms with Crippen LogP contribution in [0.25, 0.3) is 0 Å². The largest absolute Gasteiger partial charge is 0.337 e. The van der Waals surface area contributed by atoms with E-state index in [-0.39, 0.29) is 24.9 Å². The van der Waals surface area contributed by atoms with Gasteiger partial charge in [-0.25, -0.2) is 4.79 Å². The fourth-order valence-electron chi connectivity index (χ4n) is 2.23. The van der Waals surface area contributed by atoms with Crippen LogP contribution in [-0.2, 0) is 16.0 Å². The van der Waals surface area contributed by atoms with Gasteiger partial charge in [0, 0.05) is 13.1 Å². The molecular weight excluding hydrogens is 282 g/mol. The zero-order valence-corrected chi connectivity index (χ0v) is 12.3. The second-order valence-electron chi connectivity index (χ2n) is 5.00. The Hall–Kier alpha value is -2.63. The van der Waals surface area contributed by atoms with Crippen molar-refractivity contribution >= 4 is 17.8 Å². The van der Waals surface area contributed by atoms with Gasteiger partial charge in [-0.3, -0.25) is 14.5 Å². The third kappa shape index (κ3) is 3.94. The van der Waals surface area contributed by atoms with E-state index >= 15 is 0 Å². The summed E-state index contributed by atoms with van der Waals surface area (Å²) < 4.78 is 0. The van der Waals surface area contributed by atoms with Crippen molar-refractivity contribution in [2.24, 2.45) is 0 Å². The minimum atomic E-state index is -0.514. The molecule has 1 aromatic carbocycles. The fourth-order valence-corrected chi connectivity index (χ4v) is 2.23. The number of amides is 4. The Morgan fingerprint density at radius 3 is 2.64 bits per heavy atom. The molecule has 6 nitrogen and oxygen atoms in total. The highest BCUT2D eigenvalue weighted by Gasteiger charge is 2.31. The van der Waals surface area contributed by atoms with E-state index in [4.69, 9.17) is 0 Å². The summed E-state index contributed by atoms with van der Waals surface area (Å²) in [6.45, 7) is 4.27. The predicted molar refractivity (Wildman–Crippen MR) is 82.0 cm³/mol. The molecule has 1 N–H and O–H groups in total. The van der Waals surface area contributed by atoms with Gasteiger partial charge in [-0.05, 0) is 12.0 Å². The van der Waals surface area contributed by atoms with Gasteiger partial charge in [0.25, 0.3) is 5.91 Å². The number of carbonyl (C=O) groups excluding carboxylic acids is 3. The van der Waals surface area contributed by atoms with Crippen LogP contribution in [0.3, 0.4) is 0 Å². The third-order valence-corrected chi connectivity index (χ3v) is 3.45. The quantitative estimate of drug-likeness (QED) is 0.598. The molecule has 0 aromatic heterocycles. The van der Waals surface area contributed by atoms with Crippen LogP contribution in [-0.4, -0.2) is 53.8 Å². The highest BCUT2D eigenvalue weighted by Crippen LogP contribution is 2.05. The highest BCUT2D eigenvalue weighted by molar-refractivity contribution is 6.04. The highest BCUT2D eigenvalue weighted by atomic mass is 16.2. The molecule has 4 amide bonds.